The lowest BCUT2D eigenvalue weighted by Gasteiger charge is -2.20. The topological polar surface area (TPSA) is 75.0 Å². The van der Waals surface area contributed by atoms with Gasteiger partial charge in [0.25, 0.3) is 0 Å². The number of halogens is 1. The standard InChI is InChI=1S/C14H17ClN2O4/c1-14(2,3)13(18)17-11-9(15)6-10(20-4)8(7-16-19)12(11)21-5/h6H,1-5H3,(H,17,18). The van der Waals surface area contributed by atoms with E-state index < -0.39 is 5.41 Å². The smallest absolute Gasteiger partial charge is 0.344 e. The Morgan fingerprint density at radius 3 is 2.43 bits per heavy atom. The van der Waals surface area contributed by atoms with Crippen molar-refractivity contribution in [3.05, 3.63) is 26.9 Å². The van der Waals surface area contributed by atoms with Crippen molar-refractivity contribution in [2.45, 2.75) is 20.8 Å². The zero-order valence-electron chi connectivity index (χ0n) is 12.5. The zero-order valence-corrected chi connectivity index (χ0v) is 13.3. The van der Waals surface area contributed by atoms with Crippen molar-refractivity contribution in [2.24, 2.45) is 5.41 Å². The number of nitrogens with zero attached hydrogens (tertiary/aromatic N) is 1. The number of benzene rings is 1. The lowest BCUT2D eigenvalue weighted by Crippen LogP contribution is -2.28. The van der Waals surface area contributed by atoms with Crippen molar-refractivity contribution >= 4 is 23.2 Å². The molecule has 0 fully saturated rings. The molecule has 1 N–H and O–H groups in total. The molecule has 114 valence electrons. The number of nitrogens with one attached hydrogen (secondary N) is 1. The lowest BCUT2D eigenvalue weighted by atomic mass is 9.95. The number of hydrogen-bond acceptors (Lipinski definition) is 4. The van der Waals surface area contributed by atoms with Crippen LogP contribution in [0.4, 0.5) is 5.69 Å². The fraction of sp³-hybridized carbons (Fsp3) is 0.429. The molecule has 0 aliphatic heterocycles. The van der Waals surface area contributed by atoms with E-state index in [-0.39, 0.29) is 33.7 Å². The van der Waals surface area contributed by atoms with E-state index in [4.69, 9.17) is 21.1 Å². The van der Waals surface area contributed by atoms with E-state index in [0.717, 1.165) is 0 Å². The monoisotopic (exact) mass is 312 g/mol. The van der Waals surface area contributed by atoms with Gasteiger partial charge in [-0.2, -0.15) is 0 Å². The molecule has 0 saturated heterocycles. The maximum Gasteiger partial charge on any atom is 0.344 e. The first-order valence-electron chi connectivity index (χ1n) is 6.10. The van der Waals surface area contributed by atoms with Gasteiger partial charge in [-0.1, -0.05) is 32.4 Å². The SMILES string of the molecule is COc1cc(Cl)c(NC(=O)C(C)(C)C)c(OC)c1C#[N+][O-]. The van der Waals surface area contributed by atoms with Crippen LogP contribution in [0, 0.1) is 16.7 Å². The maximum atomic E-state index is 12.1. The average Bonchev–Trinajstić information content (AvgIpc) is 2.41. The average molecular weight is 313 g/mol. The Morgan fingerprint density at radius 1 is 1.38 bits per heavy atom. The molecule has 6 nitrogen and oxygen atoms in total. The fourth-order valence-corrected chi connectivity index (χ4v) is 1.77. The number of carbonyl (C=O) groups excluding carboxylic acids is 1. The third-order valence-electron chi connectivity index (χ3n) is 2.70. The Kier molecular flexibility index (Phi) is 5.28. The van der Waals surface area contributed by atoms with Crippen LogP contribution >= 0.6 is 11.6 Å². The second-order valence-electron chi connectivity index (χ2n) is 5.25. The lowest BCUT2D eigenvalue weighted by molar-refractivity contribution is -0.123. The first-order valence-corrected chi connectivity index (χ1v) is 6.48. The molecule has 21 heavy (non-hydrogen) atoms. The summed E-state index contributed by atoms with van der Waals surface area (Å²) in [5.41, 5.74) is -0.195. The predicted molar refractivity (Wildman–Crippen MR) is 82.4 cm³/mol. The van der Waals surface area contributed by atoms with Crippen LogP contribution < -0.4 is 14.8 Å². The first kappa shape index (κ1) is 16.9. The minimum Gasteiger partial charge on any atom is -0.498 e. The van der Waals surface area contributed by atoms with Gasteiger partial charge < -0.3 is 20.0 Å². The molecule has 0 bridgehead atoms. The number of anilines is 1. The van der Waals surface area contributed by atoms with Gasteiger partial charge in [-0.25, -0.2) is 0 Å². The van der Waals surface area contributed by atoms with Gasteiger partial charge in [-0.05, 0) is 0 Å². The van der Waals surface area contributed by atoms with E-state index >= 15 is 0 Å². The quantitative estimate of drug-likeness (QED) is 0.866. The molecule has 1 aromatic rings. The summed E-state index contributed by atoms with van der Waals surface area (Å²) >= 11 is 6.15. The van der Waals surface area contributed by atoms with Crippen molar-refractivity contribution in [1.82, 2.24) is 0 Å². The van der Waals surface area contributed by atoms with Crippen molar-refractivity contribution in [1.29, 1.82) is 0 Å². The van der Waals surface area contributed by atoms with Gasteiger partial charge in [-0.15, -0.1) is 0 Å². The van der Waals surface area contributed by atoms with E-state index in [1.54, 1.807) is 20.8 Å². The minimum absolute atomic E-state index is 0.163. The summed E-state index contributed by atoms with van der Waals surface area (Å²) in [5.74, 6) is 0.180. The zero-order chi connectivity index (χ0) is 16.2. The molecule has 0 radical (unpaired) electrons. The van der Waals surface area contributed by atoms with E-state index in [2.05, 4.69) is 16.4 Å². The number of methoxy groups -OCH3 is 2. The summed E-state index contributed by atoms with van der Waals surface area (Å²) in [6.07, 6.45) is 0. The van der Waals surface area contributed by atoms with Crippen molar-refractivity contribution in [2.75, 3.05) is 19.5 Å². The molecule has 7 heteroatoms. The van der Waals surface area contributed by atoms with Gasteiger partial charge in [0.05, 0.1) is 19.2 Å². The molecule has 1 rings (SSSR count). The van der Waals surface area contributed by atoms with E-state index in [1.165, 1.54) is 20.3 Å². The molecule has 1 aromatic carbocycles. The number of hydrogen-bond donors (Lipinski definition) is 1. The van der Waals surface area contributed by atoms with Gasteiger partial charge in [-0.3, -0.25) is 4.79 Å². The number of amides is 1. The summed E-state index contributed by atoms with van der Waals surface area (Å²) in [6.45, 7) is 5.29. The summed E-state index contributed by atoms with van der Waals surface area (Å²) in [6, 6.07) is 3.69. The summed E-state index contributed by atoms with van der Waals surface area (Å²) in [7, 11) is 2.79. The van der Waals surface area contributed by atoms with Gasteiger partial charge in [0, 0.05) is 16.5 Å². The Bertz CT molecular complexity index is 612. The van der Waals surface area contributed by atoms with Gasteiger partial charge in [0.15, 0.2) is 11.3 Å². The summed E-state index contributed by atoms with van der Waals surface area (Å²) in [5, 5.41) is 16.0. The molecule has 0 atom stereocenters. The number of ether oxygens (including phenoxy) is 2. The molecule has 0 heterocycles. The number of carbonyl (C=O) groups is 1. The van der Waals surface area contributed by atoms with Gasteiger partial charge in [0.1, 0.15) is 11.4 Å². The maximum absolute atomic E-state index is 12.1. The van der Waals surface area contributed by atoms with Crippen LogP contribution in [0.2, 0.25) is 5.02 Å². The van der Waals surface area contributed by atoms with Crippen LogP contribution in [0.3, 0.4) is 0 Å². The van der Waals surface area contributed by atoms with E-state index in [9.17, 15) is 10.0 Å². The Morgan fingerprint density at radius 2 is 2.00 bits per heavy atom. The first-order chi connectivity index (χ1) is 9.76. The molecule has 0 spiro atoms. The van der Waals surface area contributed by atoms with E-state index in [0.29, 0.717) is 0 Å². The summed E-state index contributed by atoms with van der Waals surface area (Å²) in [4.78, 5) is 12.1. The van der Waals surface area contributed by atoms with Crippen molar-refractivity contribution in [3.8, 4) is 17.6 Å². The highest BCUT2D eigenvalue weighted by molar-refractivity contribution is 6.34. The molecular weight excluding hydrogens is 296 g/mol. The van der Waals surface area contributed by atoms with Crippen LogP contribution in [-0.4, -0.2) is 20.1 Å². The molecule has 0 aliphatic carbocycles. The molecule has 0 aromatic heterocycles. The summed E-state index contributed by atoms with van der Waals surface area (Å²) < 4.78 is 10.3. The molecule has 0 saturated carbocycles. The van der Waals surface area contributed by atoms with Gasteiger partial charge in [0.2, 0.25) is 5.91 Å². The van der Waals surface area contributed by atoms with Gasteiger partial charge >= 0.3 is 6.07 Å². The Hall–Kier alpha value is -2.13. The Labute approximate surface area is 128 Å². The molecule has 0 unspecified atom stereocenters. The van der Waals surface area contributed by atoms with Crippen LogP contribution in [0.15, 0.2) is 6.07 Å². The minimum atomic E-state index is -0.620. The highest BCUT2D eigenvalue weighted by atomic mass is 35.5. The second kappa shape index (κ2) is 6.55. The largest absolute Gasteiger partial charge is 0.498 e. The number of rotatable bonds is 3. The van der Waals surface area contributed by atoms with Crippen LogP contribution in [0.25, 0.3) is 5.01 Å². The Balaban J connectivity index is 3.47. The normalized spacial score (nSPS) is 10.4. The predicted octanol–water partition coefficient (Wildman–Crippen LogP) is 3.52. The molecular formula is C14H17ClN2O4. The van der Waals surface area contributed by atoms with E-state index in [1.807, 2.05) is 0 Å². The fourth-order valence-electron chi connectivity index (χ4n) is 1.54. The second-order valence-corrected chi connectivity index (χ2v) is 5.66. The highest BCUT2D eigenvalue weighted by Gasteiger charge is 2.27. The molecule has 1 amide bonds. The van der Waals surface area contributed by atoms with Crippen LogP contribution in [0.1, 0.15) is 26.3 Å². The third kappa shape index (κ3) is 3.70. The highest BCUT2D eigenvalue weighted by Crippen LogP contribution is 2.41. The van der Waals surface area contributed by atoms with Crippen LogP contribution in [-0.2, 0) is 4.79 Å². The molecule has 0 aliphatic rings. The van der Waals surface area contributed by atoms with Crippen molar-refractivity contribution in [3.63, 3.8) is 0 Å². The third-order valence-corrected chi connectivity index (χ3v) is 3.00. The van der Waals surface area contributed by atoms with Crippen molar-refractivity contribution < 1.29 is 14.3 Å². The van der Waals surface area contributed by atoms with Crippen LogP contribution in [0.5, 0.6) is 11.5 Å².